The zero-order valence-electron chi connectivity index (χ0n) is 11.3. The molecule has 9 heteroatoms. The van der Waals surface area contributed by atoms with E-state index in [4.69, 9.17) is 5.11 Å². The summed E-state index contributed by atoms with van der Waals surface area (Å²) in [7, 11) is -2.54. The molecular formula is C12H15NO6S2. The number of methoxy groups -OCH3 is 1. The highest BCUT2D eigenvalue weighted by atomic mass is 32.2. The van der Waals surface area contributed by atoms with Crippen molar-refractivity contribution in [3.63, 3.8) is 0 Å². The minimum absolute atomic E-state index is 0.178. The molecule has 1 aromatic heterocycles. The second-order valence-electron chi connectivity index (χ2n) is 4.62. The first kappa shape index (κ1) is 15.9. The molecule has 1 N–H and O–H groups in total. The van der Waals surface area contributed by atoms with E-state index in [1.807, 2.05) is 0 Å². The van der Waals surface area contributed by atoms with Crippen LogP contribution >= 0.6 is 11.3 Å². The van der Waals surface area contributed by atoms with Crippen molar-refractivity contribution in [2.75, 3.05) is 20.2 Å². The molecule has 1 fully saturated rings. The predicted octanol–water partition coefficient (Wildman–Crippen LogP) is 1.02. The van der Waals surface area contributed by atoms with Crippen molar-refractivity contribution in [1.29, 1.82) is 0 Å². The number of nitrogens with zero attached hydrogens (tertiary/aromatic N) is 1. The van der Waals surface area contributed by atoms with Gasteiger partial charge in [0.2, 0.25) is 10.0 Å². The number of carboxylic acid groups (broad SMARTS) is 1. The van der Waals surface area contributed by atoms with E-state index in [1.54, 1.807) is 0 Å². The van der Waals surface area contributed by atoms with Gasteiger partial charge in [0, 0.05) is 13.1 Å². The van der Waals surface area contributed by atoms with Crippen molar-refractivity contribution in [3.05, 3.63) is 16.3 Å². The summed E-state index contributed by atoms with van der Waals surface area (Å²) in [6.07, 6.45) is 0.747. The second kappa shape index (κ2) is 6.12. The molecule has 2 heterocycles. The van der Waals surface area contributed by atoms with Gasteiger partial charge >= 0.3 is 11.9 Å². The summed E-state index contributed by atoms with van der Waals surface area (Å²) < 4.78 is 30.8. The van der Waals surface area contributed by atoms with Crippen LogP contribution in [0, 0.1) is 5.92 Å². The van der Waals surface area contributed by atoms with Gasteiger partial charge in [-0.3, -0.25) is 4.79 Å². The highest BCUT2D eigenvalue weighted by Gasteiger charge is 2.35. The normalized spacial score (nSPS) is 17.6. The summed E-state index contributed by atoms with van der Waals surface area (Å²) in [5.41, 5.74) is 0. The number of thiophene rings is 1. The number of carbonyl (C=O) groups is 2. The molecule has 0 aromatic carbocycles. The van der Waals surface area contributed by atoms with Crippen molar-refractivity contribution in [2.45, 2.75) is 17.7 Å². The van der Waals surface area contributed by atoms with Gasteiger partial charge in [-0.2, -0.15) is 4.31 Å². The average molecular weight is 333 g/mol. The Morgan fingerprint density at radius 2 is 2.00 bits per heavy atom. The number of piperidine rings is 1. The highest BCUT2D eigenvalue weighted by Crippen LogP contribution is 2.28. The number of carbonyl (C=O) groups excluding carboxylic acids is 1. The lowest BCUT2D eigenvalue weighted by Crippen LogP contribution is -2.40. The highest BCUT2D eigenvalue weighted by molar-refractivity contribution is 7.89. The maximum absolute atomic E-state index is 12.5. The van der Waals surface area contributed by atoms with Crippen molar-refractivity contribution in [3.8, 4) is 0 Å². The molecule has 0 radical (unpaired) electrons. The first-order valence-corrected chi connectivity index (χ1v) is 8.58. The third kappa shape index (κ3) is 3.09. The second-order valence-corrected chi connectivity index (χ2v) is 7.44. The summed E-state index contributed by atoms with van der Waals surface area (Å²) in [6.45, 7) is 0.355. The number of sulfonamides is 1. The standard InChI is InChI=1S/C12H15NO6S2/c1-19-12(16)8-2-5-13(6-3-8)21(17,18)9-4-7-20-10(9)11(14)15/h4,7-8H,2-3,5-6H2,1H3,(H,14,15). The zero-order chi connectivity index (χ0) is 15.6. The van der Waals surface area contributed by atoms with E-state index >= 15 is 0 Å². The average Bonchev–Trinajstić information content (AvgIpc) is 2.97. The topological polar surface area (TPSA) is 101 Å². The van der Waals surface area contributed by atoms with Gasteiger partial charge in [-0.1, -0.05) is 0 Å². The van der Waals surface area contributed by atoms with Gasteiger partial charge in [0.25, 0.3) is 0 Å². The van der Waals surface area contributed by atoms with Crippen LogP contribution in [0.2, 0.25) is 0 Å². The molecule has 116 valence electrons. The predicted molar refractivity (Wildman–Crippen MR) is 74.8 cm³/mol. The monoisotopic (exact) mass is 333 g/mol. The van der Waals surface area contributed by atoms with E-state index in [9.17, 15) is 18.0 Å². The lowest BCUT2D eigenvalue weighted by Gasteiger charge is -2.29. The number of ether oxygens (including phenoxy) is 1. The molecule has 0 unspecified atom stereocenters. The first-order chi connectivity index (χ1) is 9.87. The van der Waals surface area contributed by atoms with Crippen molar-refractivity contribution < 1.29 is 27.9 Å². The minimum atomic E-state index is -3.84. The fraction of sp³-hybridized carbons (Fsp3) is 0.500. The van der Waals surface area contributed by atoms with Gasteiger partial charge in [-0.05, 0) is 24.3 Å². The van der Waals surface area contributed by atoms with Crippen molar-refractivity contribution in [2.24, 2.45) is 5.92 Å². The largest absolute Gasteiger partial charge is 0.477 e. The lowest BCUT2D eigenvalue weighted by molar-refractivity contribution is -0.146. The van der Waals surface area contributed by atoms with Crippen LogP contribution in [0.4, 0.5) is 0 Å². The summed E-state index contributed by atoms with van der Waals surface area (Å²) in [6, 6.07) is 1.30. The van der Waals surface area contributed by atoms with E-state index < -0.39 is 16.0 Å². The molecule has 21 heavy (non-hydrogen) atoms. The first-order valence-electron chi connectivity index (χ1n) is 6.26. The Bertz CT molecular complexity index is 642. The van der Waals surface area contributed by atoms with Crippen LogP contribution in [0.5, 0.6) is 0 Å². The summed E-state index contributed by atoms with van der Waals surface area (Å²) >= 11 is 0.878. The van der Waals surface area contributed by atoms with Crippen molar-refractivity contribution >= 4 is 33.3 Å². The molecule has 1 aliphatic rings. The third-order valence-corrected chi connectivity index (χ3v) is 6.40. The summed E-state index contributed by atoms with van der Waals surface area (Å²) in [4.78, 5) is 22.1. The molecule has 1 aliphatic heterocycles. The number of esters is 1. The number of carboxylic acids is 1. The zero-order valence-corrected chi connectivity index (χ0v) is 12.9. The summed E-state index contributed by atoms with van der Waals surface area (Å²) in [5, 5.41) is 10.5. The van der Waals surface area contributed by atoms with E-state index in [0.717, 1.165) is 11.3 Å². The molecule has 0 spiro atoms. The van der Waals surface area contributed by atoms with E-state index in [2.05, 4.69) is 4.74 Å². The molecule has 7 nitrogen and oxygen atoms in total. The molecule has 0 saturated carbocycles. The van der Waals surface area contributed by atoms with E-state index in [-0.39, 0.29) is 34.7 Å². The quantitative estimate of drug-likeness (QED) is 0.826. The van der Waals surface area contributed by atoms with Gasteiger partial charge in [-0.15, -0.1) is 11.3 Å². The fourth-order valence-electron chi connectivity index (χ4n) is 2.29. The maximum atomic E-state index is 12.5. The number of rotatable bonds is 4. The molecule has 0 bridgehead atoms. The molecule has 0 atom stereocenters. The lowest BCUT2D eigenvalue weighted by atomic mass is 9.99. The smallest absolute Gasteiger partial charge is 0.347 e. The number of aromatic carboxylic acids is 1. The van der Waals surface area contributed by atoms with Crippen LogP contribution in [0.25, 0.3) is 0 Å². The maximum Gasteiger partial charge on any atom is 0.347 e. The Morgan fingerprint density at radius 3 is 2.52 bits per heavy atom. The van der Waals surface area contributed by atoms with E-state index in [0.29, 0.717) is 12.8 Å². The van der Waals surface area contributed by atoms with Gasteiger partial charge in [0.05, 0.1) is 13.0 Å². The number of hydrogen-bond acceptors (Lipinski definition) is 6. The number of hydrogen-bond donors (Lipinski definition) is 1. The van der Waals surface area contributed by atoms with Crippen LogP contribution in [-0.2, 0) is 19.6 Å². The Labute approximate surface area is 126 Å². The molecule has 2 rings (SSSR count). The summed E-state index contributed by atoms with van der Waals surface area (Å²) in [5.74, 6) is -1.90. The Morgan fingerprint density at radius 1 is 1.38 bits per heavy atom. The molecule has 1 saturated heterocycles. The van der Waals surface area contributed by atoms with Gasteiger partial charge in [0.15, 0.2) is 0 Å². The van der Waals surface area contributed by atoms with Crippen LogP contribution < -0.4 is 0 Å². The van der Waals surface area contributed by atoms with E-state index in [1.165, 1.54) is 22.9 Å². The van der Waals surface area contributed by atoms with Gasteiger partial charge in [-0.25, -0.2) is 13.2 Å². The van der Waals surface area contributed by atoms with Gasteiger partial charge in [0.1, 0.15) is 9.77 Å². The van der Waals surface area contributed by atoms with Crippen LogP contribution in [0.3, 0.4) is 0 Å². The Hall–Kier alpha value is -1.45. The molecule has 0 aliphatic carbocycles. The Balaban J connectivity index is 2.17. The van der Waals surface area contributed by atoms with Crippen LogP contribution in [0.1, 0.15) is 22.5 Å². The van der Waals surface area contributed by atoms with Gasteiger partial charge < -0.3 is 9.84 Å². The molecule has 1 aromatic rings. The Kier molecular flexibility index (Phi) is 4.64. The van der Waals surface area contributed by atoms with Crippen LogP contribution in [0.15, 0.2) is 16.3 Å². The SMILES string of the molecule is COC(=O)C1CCN(S(=O)(=O)c2ccsc2C(=O)O)CC1. The third-order valence-electron chi connectivity index (χ3n) is 3.43. The molecular weight excluding hydrogens is 318 g/mol. The van der Waals surface area contributed by atoms with Crippen molar-refractivity contribution in [1.82, 2.24) is 4.31 Å². The minimum Gasteiger partial charge on any atom is -0.477 e. The molecule has 0 amide bonds. The fourth-order valence-corrected chi connectivity index (χ4v) is 5.00. The van der Waals surface area contributed by atoms with Crippen LogP contribution in [-0.4, -0.2) is 50.0 Å².